The maximum Gasteiger partial charge on any atom is 0.120 e. The highest BCUT2D eigenvalue weighted by Crippen LogP contribution is 2.02. The van der Waals surface area contributed by atoms with Gasteiger partial charge in [-0.15, -0.1) is 9.24 Å². The third-order valence-electron chi connectivity index (χ3n) is 1.59. The first-order chi connectivity index (χ1) is 5.34. The van der Waals surface area contributed by atoms with E-state index in [9.17, 15) is 4.79 Å². The lowest BCUT2D eigenvalue weighted by Gasteiger charge is -2.00. The lowest BCUT2D eigenvalue weighted by molar-refractivity contribution is -0.107. The second kappa shape index (κ2) is 4.25. The van der Waals surface area contributed by atoms with Crippen LogP contribution in [0.25, 0.3) is 0 Å². The van der Waals surface area contributed by atoms with Crippen molar-refractivity contribution in [2.24, 2.45) is 0 Å². The summed E-state index contributed by atoms with van der Waals surface area (Å²) in [6.07, 6.45) is 2.42. The Balaban J connectivity index is 2.69. The second-order valence-corrected chi connectivity index (χ2v) is 3.03. The van der Waals surface area contributed by atoms with E-state index < -0.39 is 0 Å². The van der Waals surface area contributed by atoms with E-state index in [1.807, 2.05) is 24.3 Å². The smallest absolute Gasteiger partial charge is 0.120 e. The minimum absolute atomic E-state index is 0.616. The molecule has 0 saturated carbocycles. The van der Waals surface area contributed by atoms with Crippen molar-refractivity contribution in [1.29, 1.82) is 0 Å². The van der Waals surface area contributed by atoms with Gasteiger partial charge in [0.1, 0.15) is 6.29 Å². The molecular formula is C9H11OP. The van der Waals surface area contributed by atoms with Crippen LogP contribution < -0.4 is 5.30 Å². The van der Waals surface area contributed by atoms with E-state index in [1.54, 1.807) is 0 Å². The Kier molecular flexibility index (Phi) is 3.25. The van der Waals surface area contributed by atoms with Crippen LogP contribution in [0, 0.1) is 0 Å². The van der Waals surface area contributed by atoms with Gasteiger partial charge in [-0.3, -0.25) is 0 Å². The standard InChI is InChI=1S/C9H11OP/c10-7-3-5-8-4-1-2-6-9(8)11/h1-2,4,6-7H,3,5,11H2. The molecule has 0 N–H and O–H groups in total. The molecule has 1 rings (SSSR count). The molecule has 1 atom stereocenters. The molecule has 0 heterocycles. The van der Waals surface area contributed by atoms with Crippen molar-refractivity contribution in [3.05, 3.63) is 29.8 Å². The number of carbonyl (C=O) groups is 1. The van der Waals surface area contributed by atoms with E-state index in [-0.39, 0.29) is 0 Å². The van der Waals surface area contributed by atoms with Gasteiger partial charge in [-0.05, 0) is 17.3 Å². The molecule has 0 saturated heterocycles. The fourth-order valence-electron chi connectivity index (χ4n) is 0.976. The van der Waals surface area contributed by atoms with Crippen LogP contribution in [0.4, 0.5) is 0 Å². The number of hydrogen-bond acceptors (Lipinski definition) is 1. The largest absolute Gasteiger partial charge is 0.303 e. The fourth-order valence-corrected chi connectivity index (χ4v) is 1.33. The SMILES string of the molecule is O=CCCc1ccccc1P. The van der Waals surface area contributed by atoms with Gasteiger partial charge in [0, 0.05) is 6.42 Å². The monoisotopic (exact) mass is 166 g/mol. The van der Waals surface area contributed by atoms with Crippen LogP contribution in [0.3, 0.4) is 0 Å². The third kappa shape index (κ3) is 2.44. The summed E-state index contributed by atoms with van der Waals surface area (Å²) in [6.45, 7) is 0. The van der Waals surface area contributed by atoms with E-state index >= 15 is 0 Å². The Morgan fingerprint density at radius 1 is 1.36 bits per heavy atom. The molecule has 0 spiro atoms. The summed E-state index contributed by atoms with van der Waals surface area (Å²) in [5.74, 6) is 0. The van der Waals surface area contributed by atoms with Crippen LogP contribution in [0.2, 0.25) is 0 Å². The normalized spacial score (nSPS) is 9.55. The molecule has 0 fully saturated rings. The Morgan fingerprint density at radius 3 is 2.73 bits per heavy atom. The topological polar surface area (TPSA) is 17.1 Å². The van der Waals surface area contributed by atoms with E-state index in [0.717, 1.165) is 12.7 Å². The highest BCUT2D eigenvalue weighted by Gasteiger charge is 1.94. The van der Waals surface area contributed by atoms with Gasteiger partial charge in [0.15, 0.2) is 0 Å². The molecule has 0 aliphatic carbocycles. The molecule has 1 aromatic rings. The maximum atomic E-state index is 10.1. The maximum absolute atomic E-state index is 10.1. The first-order valence-electron chi connectivity index (χ1n) is 3.61. The van der Waals surface area contributed by atoms with Crippen molar-refractivity contribution in [3.8, 4) is 0 Å². The van der Waals surface area contributed by atoms with E-state index in [0.29, 0.717) is 6.42 Å². The summed E-state index contributed by atoms with van der Waals surface area (Å²) in [5.41, 5.74) is 1.24. The molecule has 11 heavy (non-hydrogen) atoms. The van der Waals surface area contributed by atoms with Gasteiger partial charge in [-0.25, -0.2) is 0 Å². The van der Waals surface area contributed by atoms with Crippen LogP contribution >= 0.6 is 9.24 Å². The summed E-state index contributed by atoms with van der Waals surface area (Å²) in [5, 5.41) is 1.19. The van der Waals surface area contributed by atoms with Gasteiger partial charge >= 0.3 is 0 Å². The van der Waals surface area contributed by atoms with Crippen molar-refractivity contribution in [3.63, 3.8) is 0 Å². The summed E-state index contributed by atoms with van der Waals surface area (Å²) >= 11 is 0. The molecule has 1 unspecified atom stereocenters. The number of aldehydes is 1. The van der Waals surface area contributed by atoms with Crippen LogP contribution in [0.1, 0.15) is 12.0 Å². The molecule has 0 aliphatic rings. The number of rotatable bonds is 3. The highest BCUT2D eigenvalue weighted by molar-refractivity contribution is 7.27. The predicted octanol–water partition coefficient (Wildman–Crippen LogP) is 1.32. The molecule has 0 amide bonds. The van der Waals surface area contributed by atoms with Gasteiger partial charge in [0.05, 0.1) is 0 Å². The number of aryl methyl sites for hydroxylation is 1. The Morgan fingerprint density at radius 2 is 2.09 bits per heavy atom. The molecule has 0 radical (unpaired) electrons. The molecule has 0 bridgehead atoms. The molecule has 0 aliphatic heterocycles. The van der Waals surface area contributed by atoms with Gasteiger partial charge in [0.2, 0.25) is 0 Å². The summed E-state index contributed by atoms with van der Waals surface area (Å²) in [4.78, 5) is 10.1. The van der Waals surface area contributed by atoms with Crippen LogP contribution in [0.15, 0.2) is 24.3 Å². The van der Waals surface area contributed by atoms with Gasteiger partial charge in [0.25, 0.3) is 0 Å². The summed E-state index contributed by atoms with van der Waals surface area (Å²) in [7, 11) is 2.67. The molecule has 58 valence electrons. The number of hydrogen-bond donors (Lipinski definition) is 0. The van der Waals surface area contributed by atoms with Gasteiger partial charge in [-0.1, -0.05) is 24.3 Å². The minimum atomic E-state index is 0.616. The van der Waals surface area contributed by atoms with E-state index in [4.69, 9.17) is 0 Å². The summed E-state index contributed by atoms with van der Waals surface area (Å²) < 4.78 is 0. The van der Waals surface area contributed by atoms with Crippen LogP contribution in [-0.2, 0) is 11.2 Å². The van der Waals surface area contributed by atoms with Gasteiger partial charge < -0.3 is 4.79 Å². The van der Waals surface area contributed by atoms with Crippen molar-refractivity contribution >= 4 is 20.8 Å². The fraction of sp³-hybridized carbons (Fsp3) is 0.222. The third-order valence-corrected chi connectivity index (χ3v) is 2.15. The average Bonchev–Trinajstić information content (AvgIpc) is 2.03. The average molecular weight is 166 g/mol. The minimum Gasteiger partial charge on any atom is -0.303 e. The quantitative estimate of drug-likeness (QED) is 0.489. The lowest BCUT2D eigenvalue weighted by Crippen LogP contribution is -2.00. The van der Waals surface area contributed by atoms with E-state index in [1.165, 1.54) is 10.9 Å². The first kappa shape index (κ1) is 8.42. The number of carbonyl (C=O) groups excluding carboxylic acids is 1. The van der Waals surface area contributed by atoms with Crippen LogP contribution in [-0.4, -0.2) is 6.29 Å². The lowest BCUT2D eigenvalue weighted by atomic mass is 10.1. The summed E-state index contributed by atoms with van der Waals surface area (Å²) in [6, 6.07) is 8.07. The Labute approximate surface area is 69.0 Å². The van der Waals surface area contributed by atoms with Gasteiger partial charge in [-0.2, -0.15) is 0 Å². The molecule has 1 aromatic carbocycles. The van der Waals surface area contributed by atoms with Crippen molar-refractivity contribution in [2.75, 3.05) is 0 Å². The van der Waals surface area contributed by atoms with Crippen molar-refractivity contribution < 1.29 is 4.79 Å². The predicted molar refractivity (Wildman–Crippen MR) is 50.2 cm³/mol. The van der Waals surface area contributed by atoms with Crippen LogP contribution in [0.5, 0.6) is 0 Å². The second-order valence-electron chi connectivity index (χ2n) is 2.40. The number of benzene rings is 1. The zero-order chi connectivity index (χ0) is 8.10. The zero-order valence-corrected chi connectivity index (χ0v) is 7.44. The molecular weight excluding hydrogens is 155 g/mol. The van der Waals surface area contributed by atoms with E-state index in [2.05, 4.69) is 9.24 Å². The Hall–Kier alpha value is -0.680. The van der Waals surface area contributed by atoms with Crippen molar-refractivity contribution in [2.45, 2.75) is 12.8 Å². The highest BCUT2D eigenvalue weighted by atomic mass is 31.0. The zero-order valence-electron chi connectivity index (χ0n) is 6.29. The molecule has 2 heteroatoms. The van der Waals surface area contributed by atoms with Crippen molar-refractivity contribution in [1.82, 2.24) is 0 Å². The Bertz CT molecular complexity index is 245. The molecule has 0 aromatic heterocycles. The molecule has 1 nitrogen and oxygen atoms in total. The first-order valence-corrected chi connectivity index (χ1v) is 4.19.